The normalized spacial score (nSPS) is 15.2. The van der Waals surface area contributed by atoms with Crippen molar-refractivity contribution >= 4 is 28.5 Å². The van der Waals surface area contributed by atoms with Gasteiger partial charge in [0.15, 0.2) is 11.7 Å². The van der Waals surface area contributed by atoms with Gasteiger partial charge in [-0.1, -0.05) is 43.2 Å². The quantitative estimate of drug-likeness (QED) is 0.167. The van der Waals surface area contributed by atoms with Crippen LogP contribution in [0.25, 0.3) is 10.9 Å². The number of H-pyrrole nitrogens is 2. The summed E-state index contributed by atoms with van der Waals surface area (Å²) in [4.78, 5) is 45.5. The molecule has 2 atom stereocenters. The highest BCUT2D eigenvalue weighted by Gasteiger charge is 2.36. The van der Waals surface area contributed by atoms with Crippen LogP contribution in [0.1, 0.15) is 70.1 Å². The first kappa shape index (κ1) is 27.0. The molecule has 10 heteroatoms. The van der Waals surface area contributed by atoms with Crippen LogP contribution in [0.15, 0.2) is 54.6 Å². The molecule has 0 aliphatic heterocycles. The minimum atomic E-state index is -0.898. The number of aromatic hydroxyl groups is 2. The average Bonchev–Trinajstić information content (AvgIpc) is 3.67. The molecule has 1 aliphatic rings. The van der Waals surface area contributed by atoms with Crippen molar-refractivity contribution in [2.75, 3.05) is 0 Å². The molecule has 0 radical (unpaired) electrons. The van der Waals surface area contributed by atoms with Crippen molar-refractivity contribution in [2.45, 2.75) is 51.1 Å². The number of fused-ring (bicyclic) bond motifs is 1. The van der Waals surface area contributed by atoms with Gasteiger partial charge in [-0.05, 0) is 55.5 Å². The van der Waals surface area contributed by atoms with Crippen molar-refractivity contribution in [1.82, 2.24) is 20.6 Å². The molecule has 2 aromatic heterocycles. The van der Waals surface area contributed by atoms with Crippen molar-refractivity contribution in [3.05, 3.63) is 82.8 Å². The topological polar surface area (TPSA) is 147 Å². The molecule has 2 amide bonds. The van der Waals surface area contributed by atoms with E-state index in [0.717, 1.165) is 25.7 Å². The van der Waals surface area contributed by atoms with E-state index in [1.165, 1.54) is 19.1 Å². The first-order valence-electron chi connectivity index (χ1n) is 13.3. The van der Waals surface area contributed by atoms with Crippen LogP contribution in [0, 0.1) is 18.7 Å². The van der Waals surface area contributed by atoms with Gasteiger partial charge in [-0.15, -0.1) is 0 Å². The van der Waals surface area contributed by atoms with Gasteiger partial charge < -0.3 is 25.8 Å². The fraction of sp³-hybridized carbons (Fsp3) is 0.300. The number of benzene rings is 2. The number of rotatable bonds is 9. The lowest BCUT2D eigenvalue weighted by Crippen LogP contribution is -2.46. The van der Waals surface area contributed by atoms with Crippen molar-refractivity contribution in [1.29, 1.82) is 0 Å². The van der Waals surface area contributed by atoms with E-state index in [0.29, 0.717) is 16.5 Å². The van der Waals surface area contributed by atoms with Crippen LogP contribution >= 0.6 is 0 Å². The van der Waals surface area contributed by atoms with Gasteiger partial charge in [-0.3, -0.25) is 19.4 Å². The van der Waals surface area contributed by atoms with Gasteiger partial charge in [0, 0.05) is 16.5 Å². The molecule has 5 rings (SSSR count). The van der Waals surface area contributed by atoms with Crippen LogP contribution in [0.3, 0.4) is 0 Å². The molecule has 6 N–H and O–H groups in total. The van der Waals surface area contributed by atoms with Crippen LogP contribution in [-0.2, 0) is 4.79 Å². The van der Waals surface area contributed by atoms with Crippen molar-refractivity contribution < 1.29 is 29.0 Å². The molecule has 9 nitrogen and oxygen atoms in total. The van der Waals surface area contributed by atoms with E-state index in [1.807, 2.05) is 6.07 Å². The molecular formula is C30H31FN4O5. The Morgan fingerprint density at radius 1 is 0.975 bits per heavy atom. The number of hydrogen-bond donors (Lipinski definition) is 6. The van der Waals surface area contributed by atoms with E-state index in [2.05, 4.69) is 20.6 Å². The Morgan fingerprint density at radius 3 is 2.38 bits per heavy atom. The number of amides is 2. The number of ketones is 1. The lowest BCUT2D eigenvalue weighted by Gasteiger charge is -2.25. The van der Waals surface area contributed by atoms with Crippen molar-refractivity contribution in [2.24, 2.45) is 5.92 Å². The van der Waals surface area contributed by atoms with Crippen LogP contribution in [0.4, 0.5) is 4.39 Å². The van der Waals surface area contributed by atoms with Gasteiger partial charge in [0.2, 0.25) is 11.8 Å². The van der Waals surface area contributed by atoms with E-state index >= 15 is 0 Å². The summed E-state index contributed by atoms with van der Waals surface area (Å²) in [5.41, 5.74) is 1.69. The molecular weight excluding hydrogens is 515 g/mol. The summed E-state index contributed by atoms with van der Waals surface area (Å²) in [6, 6.07) is 13.1. The molecule has 0 spiro atoms. The zero-order valence-corrected chi connectivity index (χ0v) is 22.0. The molecule has 2 heterocycles. The third kappa shape index (κ3) is 5.56. The van der Waals surface area contributed by atoms with Crippen LogP contribution in [0.5, 0.6) is 11.8 Å². The van der Waals surface area contributed by atoms with E-state index in [9.17, 15) is 29.0 Å². The van der Waals surface area contributed by atoms with Gasteiger partial charge in [-0.2, -0.15) is 0 Å². The van der Waals surface area contributed by atoms with Crippen LogP contribution in [0.2, 0.25) is 0 Å². The second kappa shape index (κ2) is 11.3. The monoisotopic (exact) mass is 546 g/mol. The van der Waals surface area contributed by atoms with Crippen LogP contribution in [-0.4, -0.2) is 43.8 Å². The van der Waals surface area contributed by atoms with E-state index < -0.39 is 41.4 Å². The Bertz CT molecular complexity index is 1560. The molecule has 4 aromatic rings. The van der Waals surface area contributed by atoms with Gasteiger partial charge >= 0.3 is 0 Å². The molecule has 1 aliphatic carbocycles. The second-order valence-corrected chi connectivity index (χ2v) is 10.3. The molecule has 0 saturated heterocycles. The summed E-state index contributed by atoms with van der Waals surface area (Å²) in [5.74, 6) is -2.67. The smallest absolute Gasteiger partial charge is 0.268 e. The first-order valence-corrected chi connectivity index (χ1v) is 13.3. The minimum Gasteiger partial charge on any atom is -0.494 e. The average molecular weight is 547 g/mol. The Morgan fingerprint density at radius 2 is 1.70 bits per heavy atom. The van der Waals surface area contributed by atoms with Gasteiger partial charge in [0.25, 0.3) is 5.91 Å². The number of carbonyl (C=O) groups is 3. The zero-order chi connectivity index (χ0) is 28.4. The van der Waals surface area contributed by atoms with Gasteiger partial charge in [-0.25, -0.2) is 4.39 Å². The third-order valence-corrected chi connectivity index (χ3v) is 7.64. The fourth-order valence-corrected chi connectivity index (χ4v) is 5.53. The summed E-state index contributed by atoms with van der Waals surface area (Å²) >= 11 is 0. The number of carbonyl (C=O) groups excluding carboxylic acids is 3. The Kier molecular flexibility index (Phi) is 7.59. The highest BCUT2D eigenvalue weighted by atomic mass is 19.1. The summed E-state index contributed by atoms with van der Waals surface area (Å²) in [5, 5.41) is 26.5. The summed E-state index contributed by atoms with van der Waals surface area (Å²) in [6.45, 7) is 1.52. The predicted molar refractivity (Wildman–Crippen MR) is 147 cm³/mol. The molecule has 0 bridgehead atoms. The highest BCUT2D eigenvalue weighted by Crippen LogP contribution is 2.34. The third-order valence-electron chi connectivity index (χ3n) is 7.64. The Hall–Kier alpha value is -4.60. The Labute approximate surface area is 229 Å². The minimum absolute atomic E-state index is 0.0436. The number of aromatic amines is 2. The maximum absolute atomic E-state index is 13.6. The summed E-state index contributed by atoms with van der Waals surface area (Å²) < 4.78 is 13.6. The molecule has 1 fully saturated rings. The predicted octanol–water partition coefficient (Wildman–Crippen LogP) is 4.77. The number of nitrogens with one attached hydrogen (secondary N) is 4. The van der Waals surface area contributed by atoms with Crippen molar-refractivity contribution in [3.8, 4) is 11.8 Å². The maximum atomic E-state index is 13.6. The second-order valence-electron chi connectivity index (χ2n) is 10.3. The lowest BCUT2D eigenvalue weighted by atomic mass is 9.90. The van der Waals surface area contributed by atoms with E-state index in [4.69, 9.17) is 0 Å². The van der Waals surface area contributed by atoms with Gasteiger partial charge in [0.05, 0.1) is 24.1 Å². The van der Waals surface area contributed by atoms with E-state index in [-0.39, 0.29) is 35.0 Å². The Balaban J connectivity index is 1.37. The number of halogens is 1. The molecule has 0 unspecified atom stereocenters. The maximum Gasteiger partial charge on any atom is 0.268 e. The molecule has 1 saturated carbocycles. The summed E-state index contributed by atoms with van der Waals surface area (Å²) in [6.07, 6.45) is 3.18. The van der Waals surface area contributed by atoms with Crippen LogP contribution < -0.4 is 10.6 Å². The SMILES string of the molecule is Cc1c(O)[nH]c(O)c1C(=O)[C@@H](NC(=O)C[C@H](NC(=O)c1cc2cc(F)ccc2[nH]1)c1ccccc1)C1CCCC1. The standard InChI is InChI=1S/C30H31FN4O5/c1-16-25(30(40)35-28(16)38)27(37)26(18-9-5-6-10-18)34-24(36)15-22(17-7-3-2-4-8-17)33-29(39)23-14-19-13-20(31)11-12-21(19)32-23/h2-4,7-8,11-14,18,22,26,32,35,38,40H,5-6,9-10,15H2,1H3,(H,33,39)(H,34,36)/t22-,26-/m0/s1. The molecule has 208 valence electrons. The zero-order valence-electron chi connectivity index (χ0n) is 22.0. The van der Waals surface area contributed by atoms with Gasteiger partial charge in [0.1, 0.15) is 11.5 Å². The lowest BCUT2D eigenvalue weighted by molar-refractivity contribution is -0.122. The first-order chi connectivity index (χ1) is 19.2. The molecule has 40 heavy (non-hydrogen) atoms. The fourth-order valence-electron chi connectivity index (χ4n) is 5.53. The number of aromatic nitrogens is 2. The largest absolute Gasteiger partial charge is 0.494 e. The molecule has 2 aromatic carbocycles. The van der Waals surface area contributed by atoms with E-state index in [1.54, 1.807) is 36.4 Å². The number of hydrogen-bond acceptors (Lipinski definition) is 5. The summed E-state index contributed by atoms with van der Waals surface area (Å²) in [7, 11) is 0. The van der Waals surface area contributed by atoms with Crippen molar-refractivity contribution in [3.63, 3.8) is 0 Å². The highest BCUT2D eigenvalue weighted by molar-refractivity contribution is 6.05. The number of Topliss-reactive ketones (excluding diaryl/α,β-unsaturated/α-hetero) is 1.